The average molecular weight is 351 g/mol. The van der Waals surface area contributed by atoms with Crippen molar-refractivity contribution in [1.82, 2.24) is 10.2 Å². The number of nitrogens with one attached hydrogen (secondary N) is 1. The predicted octanol–water partition coefficient (Wildman–Crippen LogP) is 4.02. The fourth-order valence-corrected chi connectivity index (χ4v) is 4.87. The van der Waals surface area contributed by atoms with Crippen molar-refractivity contribution in [2.75, 3.05) is 32.7 Å². The van der Waals surface area contributed by atoms with Crippen LogP contribution in [0.4, 0.5) is 0 Å². The molecule has 2 aliphatic heterocycles. The van der Waals surface area contributed by atoms with E-state index in [0.717, 1.165) is 6.54 Å². The number of halogens is 1. The molecule has 0 aliphatic carbocycles. The number of piperidine rings is 2. The van der Waals surface area contributed by atoms with Crippen LogP contribution in [0.2, 0.25) is 0 Å². The van der Waals surface area contributed by atoms with Crippen molar-refractivity contribution >= 4 is 15.9 Å². The van der Waals surface area contributed by atoms with Crippen LogP contribution in [0, 0.1) is 5.41 Å². The summed E-state index contributed by atoms with van der Waals surface area (Å²) in [7, 11) is 0. The van der Waals surface area contributed by atoms with Gasteiger partial charge >= 0.3 is 0 Å². The van der Waals surface area contributed by atoms with E-state index < -0.39 is 0 Å². The highest BCUT2D eigenvalue weighted by molar-refractivity contribution is 9.10. The van der Waals surface area contributed by atoms with Crippen LogP contribution in [0.3, 0.4) is 0 Å². The zero-order valence-corrected chi connectivity index (χ0v) is 14.7. The second kappa shape index (κ2) is 6.80. The summed E-state index contributed by atoms with van der Waals surface area (Å²) in [4.78, 5) is 2.66. The molecule has 1 atom stereocenters. The molecule has 1 aromatic rings. The van der Waals surface area contributed by atoms with Crippen molar-refractivity contribution in [1.29, 1.82) is 0 Å². The van der Waals surface area contributed by atoms with Gasteiger partial charge in [0.15, 0.2) is 0 Å². The van der Waals surface area contributed by atoms with E-state index in [0.29, 0.717) is 11.3 Å². The van der Waals surface area contributed by atoms with Gasteiger partial charge in [0.2, 0.25) is 0 Å². The van der Waals surface area contributed by atoms with Gasteiger partial charge in [-0.25, -0.2) is 0 Å². The lowest BCUT2D eigenvalue weighted by atomic mass is 9.63. The molecule has 2 nitrogen and oxygen atoms in total. The van der Waals surface area contributed by atoms with Crippen molar-refractivity contribution in [3.05, 3.63) is 34.3 Å². The molecule has 3 rings (SSSR count). The van der Waals surface area contributed by atoms with Gasteiger partial charge in [0, 0.05) is 16.9 Å². The smallest absolute Gasteiger partial charge is 0.0210 e. The van der Waals surface area contributed by atoms with E-state index in [9.17, 15) is 0 Å². The minimum atomic E-state index is 0.513. The van der Waals surface area contributed by atoms with E-state index in [-0.39, 0.29) is 0 Å². The van der Waals surface area contributed by atoms with E-state index in [1.54, 1.807) is 0 Å². The summed E-state index contributed by atoms with van der Waals surface area (Å²) < 4.78 is 1.29. The van der Waals surface area contributed by atoms with E-state index in [1.807, 2.05) is 0 Å². The second-order valence-corrected chi connectivity index (χ2v) is 7.59. The lowest BCUT2D eigenvalue weighted by Gasteiger charge is -2.50. The molecule has 0 saturated carbocycles. The summed E-state index contributed by atoms with van der Waals surface area (Å²) in [5.41, 5.74) is 2.02. The zero-order valence-electron chi connectivity index (χ0n) is 13.1. The maximum absolute atomic E-state index is 3.78. The summed E-state index contributed by atoms with van der Waals surface area (Å²) in [6, 6.07) is 8.83. The van der Waals surface area contributed by atoms with Gasteiger partial charge < -0.3 is 10.2 Å². The Bertz CT molecular complexity index is 466. The Morgan fingerprint density at radius 2 is 2.00 bits per heavy atom. The number of benzene rings is 1. The van der Waals surface area contributed by atoms with Gasteiger partial charge in [-0.05, 0) is 68.9 Å². The SMILES string of the molecule is CCCN1CCC2(CCNCC2c2ccccc2Br)CC1. The summed E-state index contributed by atoms with van der Waals surface area (Å²) in [5.74, 6) is 0.658. The fourth-order valence-electron chi connectivity index (χ4n) is 4.31. The Morgan fingerprint density at radius 1 is 1.24 bits per heavy atom. The number of nitrogens with zero attached hydrogens (tertiary/aromatic N) is 1. The van der Waals surface area contributed by atoms with Crippen molar-refractivity contribution in [3.63, 3.8) is 0 Å². The van der Waals surface area contributed by atoms with Crippen LogP contribution >= 0.6 is 15.9 Å². The highest BCUT2D eigenvalue weighted by atomic mass is 79.9. The summed E-state index contributed by atoms with van der Waals surface area (Å²) in [5, 5.41) is 3.63. The molecule has 1 spiro atoms. The molecule has 1 N–H and O–H groups in total. The number of hydrogen-bond donors (Lipinski definition) is 1. The van der Waals surface area contributed by atoms with Gasteiger partial charge in [0.1, 0.15) is 0 Å². The first-order chi connectivity index (χ1) is 10.2. The highest BCUT2D eigenvalue weighted by Crippen LogP contribution is 2.49. The Balaban J connectivity index is 1.81. The number of rotatable bonds is 3. The molecule has 1 aromatic carbocycles. The Kier molecular flexibility index (Phi) is 5.03. The van der Waals surface area contributed by atoms with Gasteiger partial charge in [-0.3, -0.25) is 0 Å². The van der Waals surface area contributed by atoms with Crippen molar-refractivity contribution in [2.45, 2.75) is 38.5 Å². The summed E-state index contributed by atoms with van der Waals surface area (Å²) in [6.07, 6.45) is 5.34. The third-order valence-electron chi connectivity index (χ3n) is 5.56. The molecule has 2 fully saturated rings. The lowest BCUT2D eigenvalue weighted by molar-refractivity contribution is 0.0537. The van der Waals surface area contributed by atoms with Crippen LogP contribution in [-0.4, -0.2) is 37.6 Å². The Morgan fingerprint density at radius 3 is 2.71 bits per heavy atom. The first-order valence-corrected chi connectivity index (χ1v) is 9.22. The lowest BCUT2D eigenvalue weighted by Crippen LogP contribution is -2.50. The van der Waals surface area contributed by atoms with Gasteiger partial charge in [-0.15, -0.1) is 0 Å². The van der Waals surface area contributed by atoms with Crippen LogP contribution in [-0.2, 0) is 0 Å². The van der Waals surface area contributed by atoms with Crippen LogP contribution in [0.1, 0.15) is 44.1 Å². The van der Waals surface area contributed by atoms with E-state index in [1.165, 1.54) is 61.9 Å². The van der Waals surface area contributed by atoms with E-state index in [4.69, 9.17) is 0 Å². The molecule has 1 unspecified atom stereocenters. The molecule has 0 bridgehead atoms. The maximum atomic E-state index is 3.78. The van der Waals surface area contributed by atoms with Crippen molar-refractivity contribution < 1.29 is 0 Å². The van der Waals surface area contributed by atoms with Crippen LogP contribution in [0.5, 0.6) is 0 Å². The highest BCUT2D eigenvalue weighted by Gasteiger charge is 2.43. The predicted molar refractivity (Wildman–Crippen MR) is 92.8 cm³/mol. The second-order valence-electron chi connectivity index (χ2n) is 6.73. The molecule has 3 heteroatoms. The molecule has 2 saturated heterocycles. The van der Waals surface area contributed by atoms with Crippen LogP contribution < -0.4 is 5.32 Å². The van der Waals surface area contributed by atoms with Gasteiger partial charge in [0.25, 0.3) is 0 Å². The minimum absolute atomic E-state index is 0.513. The van der Waals surface area contributed by atoms with Crippen LogP contribution in [0.25, 0.3) is 0 Å². The quantitative estimate of drug-likeness (QED) is 0.885. The molecule has 2 heterocycles. The average Bonchev–Trinajstić information content (AvgIpc) is 2.51. The first-order valence-electron chi connectivity index (χ1n) is 8.43. The molecule has 2 aliphatic rings. The molecule has 0 aromatic heterocycles. The fraction of sp³-hybridized carbons (Fsp3) is 0.667. The van der Waals surface area contributed by atoms with Gasteiger partial charge in [-0.2, -0.15) is 0 Å². The Hall–Kier alpha value is -0.380. The molecule has 116 valence electrons. The number of hydrogen-bond acceptors (Lipinski definition) is 2. The number of likely N-dealkylation sites (tertiary alicyclic amines) is 1. The molecule has 0 radical (unpaired) electrons. The summed E-state index contributed by atoms with van der Waals surface area (Å²) in [6.45, 7) is 8.46. The molecular weight excluding hydrogens is 324 g/mol. The summed E-state index contributed by atoms with van der Waals surface area (Å²) >= 11 is 3.78. The van der Waals surface area contributed by atoms with E-state index in [2.05, 4.69) is 57.3 Å². The minimum Gasteiger partial charge on any atom is -0.316 e. The maximum Gasteiger partial charge on any atom is 0.0210 e. The van der Waals surface area contributed by atoms with Gasteiger partial charge in [0.05, 0.1) is 0 Å². The van der Waals surface area contributed by atoms with Crippen molar-refractivity contribution in [2.24, 2.45) is 5.41 Å². The zero-order chi connectivity index (χ0) is 14.7. The monoisotopic (exact) mass is 350 g/mol. The third kappa shape index (κ3) is 3.20. The van der Waals surface area contributed by atoms with E-state index >= 15 is 0 Å². The topological polar surface area (TPSA) is 15.3 Å². The molecule has 21 heavy (non-hydrogen) atoms. The standard InChI is InChI=1S/C18H27BrN2/c1-2-11-21-12-8-18(9-13-21)7-10-20-14-16(18)15-5-3-4-6-17(15)19/h3-6,16,20H,2,7-14H2,1H3. The normalized spacial score (nSPS) is 26.1. The molecular formula is C18H27BrN2. The Labute approximate surface area is 137 Å². The largest absolute Gasteiger partial charge is 0.316 e. The van der Waals surface area contributed by atoms with Gasteiger partial charge in [-0.1, -0.05) is 41.1 Å². The first kappa shape index (κ1) is 15.5. The third-order valence-corrected chi connectivity index (χ3v) is 6.28. The molecule has 0 amide bonds. The van der Waals surface area contributed by atoms with Crippen LogP contribution in [0.15, 0.2) is 28.7 Å². The van der Waals surface area contributed by atoms with Crippen molar-refractivity contribution in [3.8, 4) is 0 Å².